The quantitative estimate of drug-likeness (QED) is 0.762. The summed E-state index contributed by atoms with van der Waals surface area (Å²) in [4.78, 5) is 2.53. The molecule has 1 aliphatic rings. The lowest BCUT2D eigenvalue weighted by atomic mass is 10.1. The average molecular weight is 232 g/mol. The third-order valence-corrected chi connectivity index (χ3v) is 4.04. The summed E-state index contributed by atoms with van der Waals surface area (Å²) in [5, 5.41) is 3.52. The van der Waals surface area contributed by atoms with E-state index in [1.807, 2.05) is 0 Å². The predicted octanol–water partition coefficient (Wildman–Crippen LogP) is 0.827. The van der Waals surface area contributed by atoms with Gasteiger partial charge in [-0.3, -0.25) is 9.11 Å². The van der Waals surface area contributed by atoms with Crippen LogP contribution in [0.2, 0.25) is 0 Å². The molecule has 4 heteroatoms. The highest BCUT2D eigenvalue weighted by molar-refractivity contribution is 7.84. The summed E-state index contributed by atoms with van der Waals surface area (Å²) < 4.78 is 11.0. The Morgan fingerprint density at radius 2 is 2.33 bits per heavy atom. The Morgan fingerprint density at radius 1 is 1.60 bits per heavy atom. The summed E-state index contributed by atoms with van der Waals surface area (Å²) in [5.41, 5.74) is 0. The van der Waals surface area contributed by atoms with Crippen LogP contribution < -0.4 is 5.32 Å². The zero-order valence-corrected chi connectivity index (χ0v) is 11.0. The maximum absolute atomic E-state index is 11.0. The normalized spacial score (nSPS) is 27.5. The number of hydrogen-bond donors (Lipinski definition) is 1. The third-order valence-electron chi connectivity index (χ3n) is 3.23. The maximum atomic E-state index is 11.0. The minimum atomic E-state index is -0.643. The van der Waals surface area contributed by atoms with Crippen molar-refractivity contribution in [2.45, 2.75) is 38.8 Å². The number of piperazine rings is 1. The van der Waals surface area contributed by atoms with E-state index in [1.165, 1.54) is 6.42 Å². The molecule has 3 atom stereocenters. The lowest BCUT2D eigenvalue weighted by Crippen LogP contribution is -2.53. The first kappa shape index (κ1) is 13.1. The SMILES string of the molecule is CCC1CN(C(C)CCS(C)=O)CCN1. The van der Waals surface area contributed by atoms with Crippen molar-refractivity contribution in [1.82, 2.24) is 10.2 Å². The van der Waals surface area contributed by atoms with Crippen LogP contribution >= 0.6 is 0 Å². The number of nitrogens with zero attached hydrogens (tertiary/aromatic N) is 1. The summed E-state index contributed by atoms with van der Waals surface area (Å²) in [6, 6.07) is 1.22. The van der Waals surface area contributed by atoms with Crippen LogP contribution in [0.3, 0.4) is 0 Å². The van der Waals surface area contributed by atoms with Crippen LogP contribution in [0.1, 0.15) is 26.7 Å². The van der Waals surface area contributed by atoms with Gasteiger partial charge in [0.2, 0.25) is 0 Å². The molecule has 1 heterocycles. The van der Waals surface area contributed by atoms with Crippen molar-refractivity contribution in [1.29, 1.82) is 0 Å². The molecule has 0 amide bonds. The van der Waals surface area contributed by atoms with Crippen LogP contribution in [-0.4, -0.2) is 52.8 Å². The van der Waals surface area contributed by atoms with Gasteiger partial charge < -0.3 is 5.32 Å². The molecule has 0 bridgehead atoms. The van der Waals surface area contributed by atoms with Crippen molar-refractivity contribution < 1.29 is 4.21 Å². The molecule has 1 rings (SSSR count). The Bertz CT molecular complexity index is 211. The molecule has 0 aromatic carbocycles. The van der Waals surface area contributed by atoms with E-state index in [-0.39, 0.29) is 0 Å². The van der Waals surface area contributed by atoms with Crippen molar-refractivity contribution in [3.05, 3.63) is 0 Å². The minimum Gasteiger partial charge on any atom is -0.311 e. The first-order valence-electron chi connectivity index (χ1n) is 5.91. The lowest BCUT2D eigenvalue weighted by molar-refractivity contribution is 0.148. The van der Waals surface area contributed by atoms with Gasteiger partial charge in [0, 0.05) is 54.5 Å². The monoisotopic (exact) mass is 232 g/mol. The van der Waals surface area contributed by atoms with Crippen LogP contribution in [0, 0.1) is 0 Å². The second kappa shape index (κ2) is 6.61. The molecule has 0 saturated carbocycles. The fourth-order valence-electron chi connectivity index (χ4n) is 2.04. The molecular weight excluding hydrogens is 208 g/mol. The smallest absolute Gasteiger partial charge is 0.0246 e. The van der Waals surface area contributed by atoms with Gasteiger partial charge in [-0.1, -0.05) is 6.92 Å². The van der Waals surface area contributed by atoms with Crippen molar-refractivity contribution in [3.63, 3.8) is 0 Å². The number of hydrogen-bond acceptors (Lipinski definition) is 3. The lowest BCUT2D eigenvalue weighted by Gasteiger charge is -2.37. The van der Waals surface area contributed by atoms with Crippen molar-refractivity contribution in [2.75, 3.05) is 31.6 Å². The van der Waals surface area contributed by atoms with Gasteiger partial charge in [0.15, 0.2) is 0 Å². The first-order valence-corrected chi connectivity index (χ1v) is 7.63. The summed E-state index contributed by atoms with van der Waals surface area (Å²) in [7, 11) is -0.643. The van der Waals surface area contributed by atoms with Crippen molar-refractivity contribution >= 4 is 10.8 Å². The zero-order valence-electron chi connectivity index (χ0n) is 10.2. The van der Waals surface area contributed by atoms with E-state index in [1.54, 1.807) is 6.26 Å². The molecule has 1 fully saturated rings. The van der Waals surface area contributed by atoms with E-state index in [9.17, 15) is 4.21 Å². The van der Waals surface area contributed by atoms with E-state index >= 15 is 0 Å². The highest BCUT2D eigenvalue weighted by Gasteiger charge is 2.21. The van der Waals surface area contributed by atoms with E-state index < -0.39 is 10.8 Å². The minimum absolute atomic E-state index is 0.574. The zero-order chi connectivity index (χ0) is 11.3. The summed E-state index contributed by atoms with van der Waals surface area (Å²) >= 11 is 0. The van der Waals surface area contributed by atoms with Gasteiger partial charge in [-0.2, -0.15) is 0 Å². The predicted molar refractivity (Wildman–Crippen MR) is 66.7 cm³/mol. The van der Waals surface area contributed by atoms with Crippen LogP contribution in [-0.2, 0) is 10.8 Å². The van der Waals surface area contributed by atoms with Gasteiger partial charge in [0.1, 0.15) is 0 Å². The van der Waals surface area contributed by atoms with E-state index in [0.717, 1.165) is 31.8 Å². The van der Waals surface area contributed by atoms with Crippen molar-refractivity contribution in [3.8, 4) is 0 Å². The highest BCUT2D eigenvalue weighted by atomic mass is 32.2. The Labute approximate surface area is 96.1 Å². The summed E-state index contributed by atoms with van der Waals surface area (Å²) in [5.74, 6) is 0.835. The van der Waals surface area contributed by atoms with Gasteiger partial charge in [-0.25, -0.2) is 0 Å². The molecule has 3 nitrogen and oxygen atoms in total. The molecule has 0 spiro atoms. The third kappa shape index (κ3) is 4.62. The average Bonchev–Trinajstić information content (AvgIpc) is 2.26. The van der Waals surface area contributed by atoms with Crippen LogP contribution in [0.25, 0.3) is 0 Å². The molecule has 1 aliphatic heterocycles. The van der Waals surface area contributed by atoms with E-state index in [4.69, 9.17) is 0 Å². The Balaban J connectivity index is 2.31. The van der Waals surface area contributed by atoms with E-state index in [0.29, 0.717) is 12.1 Å². The molecule has 3 unspecified atom stereocenters. The number of nitrogens with one attached hydrogen (secondary N) is 1. The molecule has 0 aromatic heterocycles. The van der Waals surface area contributed by atoms with Gasteiger partial charge in [0.05, 0.1) is 0 Å². The molecule has 0 aromatic rings. The molecule has 1 saturated heterocycles. The fraction of sp³-hybridized carbons (Fsp3) is 1.00. The van der Waals surface area contributed by atoms with E-state index in [2.05, 4.69) is 24.1 Å². The molecular formula is C11H24N2OS. The van der Waals surface area contributed by atoms with Gasteiger partial charge in [-0.15, -0.1) is 0 Å². The molecule has 90 valence electrons. The van der Waals surface area contributed by atoms with Gasteiger partial charge >= 0.3 is 0 Å². The molecule has 1 N–H and O–H groups in total. The molecule has 0 aliphatic carbocycles. The van der Waals surface area contributed by atoms with Crippen LogP contribution in [0.5, 0.6) is 0 Å². The van der Waals surface area contributed by atoms with Crippen LogP contribution in [0.15, 0.2) is 0 Å². The molecule has 0 radical (unpaired) electrons. The summed E-state index contributed by atoms with van der Waals surface area (Å²) in [6.45, 7) is 7.86. The topological polar surface area (TPSA) is 32.3 Å². The fourth-order valence-corrected chi connectivity index (χ4v) is 2.72. The second-order valence-corrected chi connectivity index (χ2v) is 6.02. The second-order valence-electron chi connectivity index (χ2n) is 4.47. The number of rotatable bonds is 5. The molecule has 15 heavy (non-hydrogen) atoms. The van der Waals surface area contributed by atoms with Crippen molar-refractivity contribution in [2.24, 2.45) is 0 Å². The Kier molecular flexibility index (Phi) is 5.79. The Hall–Kier alpha value is 0.0700. The van der Waals surface area contributed by atoms with Gasteiger partial charge in [-0.05, 0) is 19.8 Å². The first-order chi connectivity index (χ1) is 7.13. The highest BCUT2D eigenvalue weighted by Crippen LogP contribution is 2.09. The Morgan fingerprint density at radius 3 is 2.93 bits per heavy atom. The van der Waals surface area contributed by atoms with Gasteiger partial charge in [0.25, 0.3) is 0 Å². The maximum Gasteiger partial charge on any atom is 0.0246 e. The van der Waals surface area contributed by atoms with Crippen LogP contribution in [0.4, 0.5) is 0 Å². The largest absolute Gasteiger partial charge is 0.311 e. The standard InChI is InChI=1S/C11H24N2OS/c1-4-11-9-13(7-6-12-11)10(2)5-8-15(3)14/h10-12H,4-9H2,1-3H3. The summed E-state index contributed by atoms with van der Waals surface area (Å²) in [6.07, 6.45) is 4.04.